The second-order valence-electron chi connectivity index (χ2n) is 3.92. The van der Waals surface area contributed by atoms with Crippen molar-refractivity contribution in [1.82, 2.24) is 0 Å². The monoisotopic (exact) mass is 164 g/mol. The van der Waals surface area contributed by atoms with Crippen molar-refractivity contribution in [3.8, 4) is 0 Å². The van der Waals surface area contributed by atoms with Crippen LogP contribution in [0, 0.1) is 0 Å². The molecule has 0 aromatic heterocycles. The average Bonchev–Trinajstić information content (AvgIpc) is 2.25. The molecule has 0 saturated heterocycles. The maximum Gasteiger partial charge on any atom is 0.201 e. The number of ether oxygens (including phenoxy) is 1. The molecule has 0 saturated carbocycles. The van der Waals surface area contributed by atoms with Crippen molar-refractivity contribution in [2.24, 2.45) is 0 Å². The molecule has 2 nitrogen and oxygen atoms in total. The molecule has 2 rings (SSSR count). The summed E-state index contributed by atoms with van der Waals surface area (Å²) in [6, 6.07) is 0. The van der Waals surface area contributed by atoms with Gasteiger partial charge < -0.3 is 4.74 Å². The number of rotatable bonds is 0. The summed E-state index contributed by atoms with van der Waals surface area (Å²) in [5, 5.41) is 0. The topological polar surface area (TPSA) is 26.3 Å². The number of ketones is 1. The number of hydrogen-bond donors (Lipinski definition) is 0. The average molecular weight is 164 g/mol. The van der Waals surface area contributed by atoms with E-state index in [0.29, 0.717) is 12.2 Å². The molecule has 1 aliphatic heterocycles. The van der Waals surface area contributed by atoms with Crippen LogP contribution in [0.1, 0.15) is 26.7 Å². The summed E-state index contributed by atoms with van der Waals surface area (Å²) >= 11 is 0. The van der Waals surface area contributed by atoms with Crippen molar-refractivity contribution in [1.29, 1.82) is 0 Å². The Labute approximate surface area is 71.9 Å². The highest BCUT2D eigenvalue weighted by Crippen LogP contribution is 2.36. The highest BCUT2D eigenvalue weighted by atomic mass is 16.5. The van der Waals surface area contributed by atoms with E-state index in [0.717, 1.165) is 12.0 Å². The normalized spacial score (nSPS) is 25.7. The number of allylic oxidation sites excluding steroid dienone is 3. The molecule has 2 aliphatic rings. The summed E-state index contributed by atoms with van der Waals surface area (Å²) in [4.78, 5) is 11.3. The molecule has 1 heterocycles. The quantitative estimate of drug-likeness (QED) is 0.547. The van der Waals surface area contributed by atoms with Crippen LogP contribution in [0.2, 0.25) is 0 Å². The van der Waals surface area contributed by atoms with E-state index in [9.17, 15) is 4.79 Å². The van der Waals surface area contributed by atoms with E-state index in [1.54, 1.807) is 0 Å². The van der Waals surface area contributed by atoms with Crippen LogP contribution in [0.5, 0.6) is 0 Å². The fourth-order valence-electron chi connectivity index (χ4n) is 1.69. The van der Waals surface area contributed by atoms with Crippen molar-refractivity contribution in [3.05, 3.63) is 23.5 Å². The first kappa shape index (κ1) is 7.59. The largest absolute Gasteiger partial charge is 0.483 e. The molecule has 0 N–H and O–H groups in total. The summed E-state index contributed by atoms with van der Waals surface area (Å²) in [6.45, 7) is 4.01. The van der Waals surface area contributed by atoms with Gasteiger partial charge in [-0.2, -0.15) is 0 Å². The van der Waals surface area contributed by atoms with E-state index in [2.05, 4.69) is 0 Å². The minimum Gasteiger partial charge on any atom is -0.483 e. The van der Waals surface area contributed by atoms with Crippen molar-refractivity contribution in [2.45, 2.75) is 32.3 Å². The molecule has 1 aliphatic carbocycles. The lowest BCUT2D eigenvalue weighted by Crippen LogP contribution is -2.19. The van der Waals surface area contributed by atoms with Gasteiger partial charge >= 0.3 is 0 Å². The standard InChI is InChI=1S/C10H12O2/c1-10(2)6-7-4-3-5-8(11)9(7)12-10/h3-4H,5-6H2,1-2H3. The number of hydrogen-bond acceptors (Lipinski definition) is 2. The van der Waals surface area contributed by atoms with Crippen LogP contribution in [-0.2, 0) is 9.53 Å². The van der Waals surface area contributed by atoms with Gasteiger partial charge in [-0.3, -0.25) is 4.79 Å². The summed E-state index contributed by atoms with van der Waals surface area (Å²) < 4.78 is 5.54. The van der Waals surface area contributed by atoms with Crippen molar-refractivity contribution in [2.75, 3.05) is 0 Å². The summed E-state index contributed by atoms with van der Waals surface area (Å²) in [6.07, 6.45) is 5.26. The SMILES string of the molecule is CC1(C)CC2=C(O1)C(=O)CC=C2. The Balaban J connectivity index is 2.33. The molecule has 0 amide bonds. The zero-order valence-corrected chi connectivity index (χ0v) is 7.39. The van der Waals surface area contributed by atoms with E-state index in [4.69, 9.17) is 4.74 Å². The first-order valence-electron chi connectivity index (χ1n) is 4.20. The zero-order valence-electron chi connectivity index (χ0n) is 7.39. The highest BCUT2D eigenvalue weighted by molar-refractivity contribution is 5.97. The van der Waals surface area contributed by atoms with E-state index in [-0.39, 0.29) is 11.4 Å². The van der Waals surface area contributed by atoms with E-state index < -0.39 is 0 Å². The van der Waals surface area contributed by atoms with Crippen LogP contribution in [0.15, 0.2) is 23.5 Å². The molecule has 12 heavy (non-hydrogen) atoms. The Morgan fingerprint density at radius 1 is 1.50 bits per heavy atom. The smallest absolute Gasteiger partial charge is 0.201 e. The van der Waals surface area contributed by atoms with Gasteiger partial charge in [0.2, 0.25) is 5.78 Å². The maximum absolute atomic E-state index is 11.3. The first-order chi connectivity index (χ1) is 5.58. The molecular formula is C10H12O2. The van der Waals surface area contributed by atoms with Gasteiger partial charge in [-0.15, -0.1) is 0 Å². The number of carbonyl (C=O) groups excluding carboxylic acids is 1. The fourth-order valence-corrected chi connectivity index (χ4v) is 1.69. The fraction of sp³-hybridized carbons (Fsp3) is 0.500. The van der Waals surface area contributed by atoms with Gasteiger partial charge in [0, 0.05) is 18.4 Å². The molecule has 0 aromatic rings. The Morgan fingerprint density at radius 3 is 2.92 bits per heavy atom. The number of carbonyl (C=O) groups is 1. The van der Waals surface area contributed by atoms with E-state index in [1.165, 1.54) is 0 Å². The van der Waals surface area contributed by atoms with Gasteiger partial charge in [-0.25, -0.2) is 0 Å². The molecular weight excluding hydrogens is 152 g/mol. The molecule has 0 unspecified atom stereocenters. The van der Waals surface area contributed by atoms with Crippen molar-refractivity contribution < 1.29 is 9.53 Å². The molecule has 0 aromatic carbocycles. The van der Waals surface area contributed by atoms with Gasteiger partial charge in [0.15, 0.2) is 5.76 Å². The third kappa shape index (κ3) is 1.07. The third-order valence-corrected chi connectivity index (χ3v) is 2.16. The van der Waals surface area contributed by atoms with Crippen LogP contribution >= 0.6 is 0 Å². The lowest BCUT2D eigenvalue weighted by atomic mass is 9.97. The second kappa shape index (κ2) is 2.22. The van der Waals surface area contributed by atoms with Crippen LogP contribution in [0.25, 0.3) is 0 Å². The molecule has 2 heteroatoms. The summed E-state index contributed by atoms with van der Waals surface area (Å²) in [5.41, 5.74) is 0.880. The summed E-state index contributed by atoms with van der Waals surface area (Å²) in [5.74, 6) is 0.723. The van der Waals surface area contributed by atoms with Crippen molar-refractivity contribution in [3.63, 3.8) is 0 Å². The highest BCUT2D eigenvalue weighted by Gasteiger charge is 2.35. The predicted molar refractivity (Wildman–Crippen MR) is 45.6 cm³/mol. The molecule has 0 spiro atoms. The van der Waals surface area contributed by atoms with E-state index in [1.807, 2.05) is 26.0 Å². The van der Waals surface area contributed by atoms with Crippen molar-refractivity contribution >= 4 is 5.78 Å². The molecule has 0 fully saturated rings. The lowest BCUT2D eigenvalue weighted by molar-refractivity contribution is -0.119. The number of Topliss-reactive ketones (excluding diaryl/α,β-unsaturated/α-hetero) is 1. The Kier molecular flexibility index (Phi) is 1.40. The van der Waals surface area contributed by atoms with Gasteiger partial charge in [-0.05, 0) is 13.8 Å². The minimum absolute atomic E-state index is 0.123. The molecule has 0 radical (unpaired) electrons. The van der Waals surface area contributed by atoms with Gasteiger partial charge in [0.25, 0.3) is 0 Å². The third-order valence-electron chi connectivity index (χ3n) is 2.16. The van der Waals surface area contributed by atoms with Gasteiger partial charge in [0.05, 0.1) is 0 Å². The van der Waals surface area contributed by atoms with Crippen LogP contribution < -0.4 is 0 Å². The minimum atomic E-state index is -0.186. The van der Waals surface area contributed by atoms with Gasteiger partial charge in [-0.1, -0.05) is 12.2 Å². The summed E-state index contributed by atoms with van der Waals surface area (Å²) in [7, 11) is 0. The second-order valence-corrected chi connectivity index (χ2v) is 3.92. The lowest BCUT2D eigenvalue weighted by Gasteiger charge is -2.18. The Bertz CT molecular complexity index is 295. The molecule has 0 atom stereocenters. The Morgan fingerprint density at radius 2 is 2.25 bits per heavy atom. The Hall–Kier alpha value is -1.05. The van der Waals surface area contributed by atoms with Crippen LogP contribution in [-0.4, -0.2) is 11.4 Å². The van der Waals surface area contributed by atoms with Gasteiger partial charge in [0.1, 0.15) is 5.60 Å². The van der Waals surface area contributed by atoms with E-state index >= 15 is 0 Å². The first-order valence-corrected chi connectivity index (χ1v) is 4.20. The zero-order chi connectivity index (χ0) is 8.77. The van der Waals surface area contributed by atoms with Crippen LogP contribution in [0.3, 0.4) is 0 Å². The van der Waals surface area contributed by atoms with Crippen LogP contribution in [0.4, 0.5) is 0 Å². The maximum atomic E-state index is 11.3. The predicted octanol–water partition coefficient (Wildman–Crippen LogP) is 1.97. The molecule has 0 bridgehead atoms. The molecule has 64 valence electrons.